The van der Waals surface area contributed by atoms with Crippen LogP contribution in [0.5, 0.6) is 0 Å². The molecule has 1 atom stereocenters. The summed E-state index contributed by atoms with van der Waals surface area (Å²) >= 11 is 1.57. The molecule has 0 spiro atoms. The highest BCUT2D eigenvalue weighted by Gasteiger charge is 2.29. The fourth-order valence-corrected chi connectivity index (χ4v) is 3.20. The molecule has 2 fully saturated rings. The average Bonchev–Trinajstić information content (AvgIpc) is 2.89. The summed E-state index contributed by atoms with van der Waals surface area (Å²) in [4.78, 5) is 7.06. The molecular weight excluding hydrogens is 232 g/mol. The van der Waals surface area contributed by atoms with Gasteiger partial charge in [0.15, 0.2) is 0 Å². The number of nitrogens with zero attached hydrogens (tertiary/aromatic N) is 3. The molecule has 17 heavy (non-hydrogen) atoms. The summed E-state index contributed by atoms with van der Waals surface area (Å²) in [6.07, 6.45) is 5.18. The van der Waals surface area contributed by atoms with Crippen LogP contribution in [0.3, 0.4) is 0 Å². The van der Waals surface area contributed by atoms with E-state index in [0.717, 1.165) is 24.0 Å². The molecule has 3 rings (SSSR count). The Morgan fingerprint density at radius 2 is 2.29 bits per heavy atom. The highest BCUT2D eigenvalue weighted by molar-refractivity contribution is 7.09. The molecule has 1 N–H and O–H groups in total. The molecule has 1 unspecified atom stereocenters. The van der Waals surface area contributed by atoms with Crippen molar-refractivity contribution < 1.29 is 0 Å². The van der Waals surface area contributed by atoms with Crippen molar-refractivity contribution >= 4 is 16.7 Å². The molecule has 0 bridgehead atoms. The number of hydrogen-bond donors (Lipinski definition) is 1. The lowest BCUT2D eigenvalue weighted by Gasteiger charge is -2.23. The fourth-order valence-electron chi connectivity index (χ4n) is 2.38. The second kappa shape index (κ2) is 4.90. The number of likely N-dealkylation sites (N-methyl/N-ethyl adjacent to an activating group) is 1. The molecule has 0 radical (unpaired) electrons. The summed E-state index contributed by atoms with van der Waals surface area (Å²) in [6.45, 7) is 5.48. The Morgan fingerprint density at radius 3 is 2.94 bits per heavy atom. The van der Waals surface area contributed by atoms with Crippen LogP contribution in [0.1, 0.15) is 44.3 Å². The normalized spacial score (nSPS) is 24.2. The quantitative estimate of drug-likeness (QED) is 0.870. The molecule has 1 saturated heterocycles. The van der Waals surface area contributed by atoms with Crippen LogP contribution in [0.25, 0.3) is 0 Å². The SMILES string of the molecule is CCN(CC1CCCN1)c1nc(C2CC2)ns1. The van der Waals surface area contributed by atoms with Gasteiger partial charge in [-0.05, 0) is 39.2 Å². The van der Waals surface area contributed by atoms with Crippen molar-refractivity contribution in [1.82, 2.24) is 14.7 Å². The minimum Gasteiger partial charge on any atom is -0.346 e. The Morgan fingerprint density at radius 1 is 1.41 bits per heavy atom. The number of nitrogens with one attached hydrogen (secondary N) is 1. The van der Waals surface area contributed by atoms with Gasteiger partial charge < -0.3 is 10.2 Å². The fraction of sp³-hybridized carbons (Fsp3) is 0.833. The standard InChI is InChI=1S/C12H20N4S/c1-2-16(8-10-4-3-7-13-10)12-14-11(15-17-12)9-5-6-9/h9-10,13H,2-8H2,1H3. The zero-order valence-corrected chi connectivity index (χ0v) is 11.2. The first-order valence-electron chi connectivity index (χ1n) is 6.68. The minimum absolute atomic E-state index is 0.642. The molecule has 1 aliphatic carbocycles. The van der Waals surface area contributed by atoms with Gasteiger partial charge in [-0.1, -0.05) is 0 Å². The predicted molar refractivity (Wildman–Crippen MR) is 70.8 cm³/mol. The lowest BCUT2D eigenvalue weighted by Crippen LogP contribution is -2.37. The number of aromatic nitrogens is 2. The molecule has 0 aromatic carbocycles. The molecule has 94 valence electrons. The summed E-state index contributed by atoms with van der Waals surface area (Å²) in [5, 5.41) is 4.66. The molecule has 2 heterocycles. The third kappa shape index (κ3) is 2.60. The first kappa shape index (κ1) is 11.4. The smallest absolute Gasteiger partial charge is 0.205 e. The van der Waals surface area contributed by atoms with Gasteiger partial charge in [-0.3, -0.25) is 0 Å². The van der Waals surface area contributed by atoms with E-state index in [1.165, 1.54) is 32.2 Å². The molecule has 1 aromatic rings. The highest BCUT2D eigenvalue weighted by atomic mass is 32.1. The molecule has 2 aliphatic rings. The second-order valence-corrected chi connectivity index (χ2v) is 5.77. The van der Waals surface area contributed by atoms with Crippen molar-refractivity contribution in [3.8, 4) is 0 Å². The number of rotatable bonds is 5. The maximum atomic E-state index is 4.69. The van der Waals surface area contributed by atoms with Crippen LogP contribution in [-0.2, 0) is 0 Å². The van der Waals surface area contributed by atoms with Crippen molar-refractivity contribution in [2.75, 3.05) is 24.5 Å². The average molecular weight is 252 g/mol. The Hall–Kier alpha value is -0.680. The Labute approximate surface area is 107 Å². The van der Waals surface area contributed by atoms with E-state index in [1.54, 1.807) is 11.5 Å². The van der Waals surface area contributed by atoms with Crippen molar-refractivity contribution in [3.05, 3.63) is 5.82 Å². The number of hydrogen-bond acceptors (Lipinski definition) is 5. The van der Waals surface area contributed by atoms with E-state index in [2.05, 4.69) is 21.5 Å². The minimum atomic E-state index is 0.642. The largest absolute Gasteiger partial charge is 0.346 e. The lowest BCUT2D eigenvalue weighted by molar-refractivity contribution is 0.585. The Balaban J connectivity index is 1.65. The van der Waals surface area contributed by atoms with E-state index in [4.69, 9.17) is 4.98 Å². The van der Waals surface area contributed by atoms with Crippen molar-refractivity contribution in [2.45, 2.75) is 44.6 Å². The van der Waals surface area contributed by atoms with Gasteiger partial charge in [0.2, 0.25) is 5.13 Å². The monoisotopic (exact) mass is 252 g/mol. The summed E-state index contributed by atoms with van der Waals surface area (Å²) in [5.74, 6) is 1.76. The molecule has 1 aliphatic heterocycles. The van der Waals surface area contributed by atoms with E-state index in [1.807, 2.05) is 0 Å². The van der Waals surface area contributed by atoms with E-state index >= 15 is 0 Å². The highest BCUT2D eigenvalue weighted by Crippen LogP contribution is 2.39. The van der Waals surface area contributed by atoms with Gasteiger partial charge >= 0.3 is 0 Å². The van der Waals surface area contributed by atoms with Gasteiger partial charge in [-0.2, -0.15) is 4.37 Å². The molecule has 5 heteroatoms. The van der Waals surface area contributed by atoms with Crippen LogP contribution in [0.15, 0.2) is 0 Å². The van der Waals surface area contributed by atoms with E-state index in [9.17, 15) is 0 Å². The van der Waals surface area contributed by atoms with Crippen LogP contribution in [0, 0.1) is 0 Å². The summed E-state index contributed by atoms with van der Waals surface area (Å²) in [6, 6.07) is 0.642. The van der Waals surface area contributed by atoms with E-state index in [-0.39, 0.29) is 0 Å². The summed E-state index contributed by atoms with van der Waals surface area (Å²) in [7, 11) is 0. The topological polar surface area (TPSA) is 41.0 Å². The van der Waals surface area contributed by atoms with Gasteiger partial charge in [0.1, 0.15) is 5.82 Å². The van der Waals surface area contributed by atoms with Crippen LogP contribution in [0.4, 0.5) is 5.13 Å². The first-order chi connectivity index (χ1) is 8.36. The van der Waals surface area contributed by atoms with Crippen molar-refractivity contribution in [2.24, 2.45) is 0 Å². The second-order valence-electron chi connectivity index (χ2n) is 5.04. The van der Waals surface area contributed by atoms with Crippen LogP contribution >= 0.6 is 11.5 Å². The maximum Gasteiger partial charge on any atom is 0.205 e. The van der Waals surface area contributed by atoms with Crippen LogP contribution < -0.4 is 10.2 Å². The van der Waals surface area contributed by atoms with E-state index in [0.29, 0.717) is 12.0 Å². The predicted octanol–water partition coefficient (Wildman–Crippen LogP) is 1.99. The Bertz CT molecular complexity index is 368. The zero-order valence-electron chi connectivity index (χ0n) is 10.4. The first-order valence-corrected chi connectivity index (χ1v) is 7.46. The van der Waals surface area contributed by atoms with Crippen molar-refractivity contribution in [1.29, 1.82) is 0 Å². The van der Waals surface area contributed by atoms with Gasteiger partial charge in [0, 0.05) is 36.6 Å². The summed E-state index contributed by atoms with van der Waals surface area (Å²) < 4.78 is 4.49. The molecule has 0 amide bonds. The lowest BCUT2D eigenvalue weighted by atomic mass is 10.2. The van der Waals surface area contributed by atoms with Gasteiger partial charge in [0.05, 0.1) is 0 Å². The Kier molecular flexibility index (Phi) is 3.29. The molecule has 1 saturated carbocycles. The number of anilines is 1. The van der Waals surface area contributed by atoms with Crippen LogP contribution in [-0.4, -0.2) is 35.0 Å². The zero-order chi connectivity index (χ0) is 11.7. The van der Waals surface area contributed by atoms with Gasteiger partial charge in [-0.15, -0.1) is 0 Å². The van der Waals surface area contributed by atoms with Gasteiger partial charge in [0.25, 0.3) is 0 Å². The van der Waals surface area contributed by atoms with Crippen molar-refractivity contribution in [3.63, 3.8) is 0 Å². The molecule has 4 nitrogen and oxygen atoms in total. The van der Waals surface area contributed by atoms with Gasteiger partial charge in [-0.25, -0.2) is 4.98 Å². The maximum absolute atomic E-state index is 4.69. The van der Waals surface area contributed by atoms with E-state index < -0.39 is 0 Å². The van der Waals surface area contributed by atoms with Crippen LogP contribution in [0.2, 0.25) is 0 Å². The molecular formula is C12H20N4S. The third-order valence-electron chi connectivity index (χ3n) is 3.63. The third-order valence-corrected chi connectivity index (χ3v) is 4.42. The summed E-state index contributed by atoms with van der Waals surface area (Å²) in [5.41, 5.74) is 0. The molecule has 1 aromatic heterocycles.